The van der Waals surface area contributed by atoms with Crippen molar-refractivity contribution in [1.29, 1.82) is 0 Å². The van der Waals surface area contributed by atoms with Crippen molar-refractivity contribution in [3.63, 3.8) is 0 Å². The average molecular weight is 156 g/mol. The number of hydrogen-bond donors (Lipinski definition) is 4. The normalized spacial score (nSPS) is 9.40. The summed E-state index contributed by atoms with van der Waals surface area (Å²) in [5.74, 6) is 5.26. The zero-order valence-corrected chi connectivity index (χ0v) is 6.10. The molecule has 0 aliphatic rings. The fourth-order valence-electron chi connectivity index (χ4n) is 0.613. The molecular weight excluding hydrogens is 148 g/mol. The van der Waals surface area contributed by atoms with Crippen LogP contribution in [0.3, 0.4) is 0 Å². The Hall–Kier alpha value is -0.870. The summed E-state index contributed by atoms with van der Waals surface area (Å²) in [6, 6.07) is 4.82. The summed E-state index contributed by atoms with van der Waals surface area (Å²) >= 11 is 3.98. The number of hydrogen-bond acceptors (Lipinski definition) is 4. The maximum atomic E-state index is 8.99. The first-order valence-electron chi connectivity index (χ1n) is 2.72. The lowest BCUT2D eigenvalue weighted by molar-refractivity contribution is 0.463. The van der Waals surface area contributed by atoms with Gasteiger partial charge >= 0.3 is 0 Å². The van der Waals surface area contributed by atoms with Crippen molar-refractivity contribution in [1.82, 2.24) is 0 Å². The molecule has 0 amide bonds. The molecule has 0 saturated heterocycles. The first-order chi connectivity index (χ1) is 4.74. The number of aromatic hydroxyl groups is 1. The van der Waals surface area contributed by atoms with Gasteiger partial charge in [0.1, 0.15) is 5.75 Å². The van der Waals surface area contributed by atoms with Gasteiger partial charge in [-0.15, -0.1) is 12.6 Å². The van der Waals surface area contributed by atoms with Crippen LogP contribution in [0.4, 0.5) is 5.69 Å². The van der Waals surface area contributed by atoms with Gasteiger partial charge in [-0.05, 0) is 18.2 Å². The average Bonchev–Trinajstić information content (AvgIpc) is 1.95. The number of nitrogens with two attached hydrogens (primary N) is 1. The molecule has 0 bridgehead atoms. The standard InChI is InChI=1S/C6H8N2OS/c7-8-4-1-2-5(9)6(10)3-4/h1-3,8-10H,7H2. The third-order valence-corrected chi connectivity index (χ3v) is 1.50. The van der Waals surface area contributed by atoms with Gasteiger partial charge in [0, 0.05) is 10.6 Å². The predicted molar refractivity (Wildman–Crippen MR) is 43.2 cm³/mol. The molecule has 4 N–H and O–H groups in total. The van der Waals surface area contributed by atoms with E-state index in [1.807, 2.05) is 0 Å². The van der Waals surface area contributed by atoms with E-state index in [0.29, 0.717) is 4.90 Å². The molecule has 0 atom stereocenters. The molecule has 0 radical (unpaired) electrons. The van der Waals surface area contributed by atoms with Gasteiger partial charge in [0.15, 0.2) is 0 Å². The van der Waals surface area contributed by atoms with E-state index in [2.05, 4.69) is 18.1 Å². The van der Waals surface area contributed by atoms with E-state index in [-0.39, 0.29) is 5.75 Å². The van der Waals surface area contributed by atoms with Crippen LogP contribution in [0.2, 0.25) is 0 Å². The van der Waals surface area contributed by atoms with E-state index >= 15 is 0 Å². The third kappa shape index (κ3) is 1.34. The lowest BCUT2D eigenvalue weighted by atomic mass is 10.3. The van der Waals surface area contributed by atoms with Crippen LogP contribution in [-0.4, -0.2) is 5.11 Å². The molecule has 0 aliphatic carbocycles. The zero-order chi connectivity index (χ0) is 7.56. The topological polar surface area (TPSA) is 58.3 Å². The summed E-state index contributed by atoms with van der Waals surface area (Å²) in [7, 11) is 0. The highest BCUT2D eigenvalue weighted by atomic mass is 32.1. The Bertz CT molecular complexity index is 239. The summed E-state index contributed by atoms with van der Waals surface area (Å²) in [4.78, 5) is 0.510. The molecule has 0 unspecified atom stereocenters. The molecule has 1 aromatic carbocycles. The van der Waals surface area contributed by atoms with E-state index in [0.717, 1.165) is 5.69 Å². The Balaban J connectivity index is 3.04. The van der Waals surface area contributed by atoms with Gasteiger partial charge in [-0.3, -0.25) is 5.84 Å². The zero-order valence-electron chi connectivity index (χ0n) is 5.20. The Morgan fingerprint density at radius 2 is 2.20 bits per heavy atom. The number of phenols is 1. The summed E-state index contributed by atoms with van der Waals surface area (Å²) in [6.07, 6.45) is 0. The van der Waals surface area contributed by atoms with Gasteiger partial charge in [-0.25, -0.2) is 0 Å². The summed E-state index contributed by atoms with van der Waals surface area (Å²) in [5, 5.41) is 8.99. The van der Waals surface area contributed by atoms with Crippen LogP contribution in [0.15, 0.2) is 23.1 Å². The van der Waals surface area contributed by atoms with Crippen molar-refractivity contribution in [2.24, 2.45) is 5.84 Å². The molecule has 0 aromatic heterocycles. The minimum atomic E-state index is 0.155. The largest absolute Gasteiger partial charge is 0.507 e. The van der Waals surface area contributed by atoms with Crippen LogP contribution in [-0.2, 0) is 0 Å². The fraction of sp³-hybridized carbons (Fsp3) is 0. The van der Waals surface area contributed by atoms with Crippen LogP contribution in [0.1, 0.15) is 0 Å². The van der Waals surface area contributed by atoms with Crippen molar-refractivity contribution >= 4 is 18.3 Å². The Morgan fingerprint density at radius 3 is 2.70 bits per heavy atom. The monoisotopic (exact) mass is 156 g/mol. The Morgan fingerprint density at radius 1 is 1.50 bits per heavy atom. The van der Waals surface area contributed by atoms with Gasteiger partial charge in [-0.2, -0.15) is 0 Å². The van der Waals surface area contributed by atoms with Gasteiger partial charge in [0.2, 0.25) is 0 Å². The molecule has 0 aliphatic heterocycles. The molecule has 4 heteroatoms. The number of nitrogens with one attached hydrogen (secondary N) is 1. The third-order valence-electron chi connectivity index (χ3n) is 1.14. The van der Waals surface area contributed by atoms with Gasteiger partial charge in [0.25, 0.3) is 0 Å². The van der Waals surface area contributed by atoms with E-state index in [4.69, 9.17) is 10.9 Å². The number of benzene rings is 1. The van der Waals surface area contributed by atoms with Crippen molar-refractivity contribution in [3.05, 3.63) is 18.2 Å². The van der Waals surface area contributed by atoms with Gasteiger partial charge < -0.3 is 10.5 Å². The van der Waals surface area contributed by atoms with Crippen LogP contribution in [0, 0.1) is 0 Å². The highest BCUT2D eigenvalue weighted by Crippen LogP contribution is 2.23. The summed E-state index contributed by atoms with van der Waals surface area (Å²) < 4.78 is 0. The van der Waals surface area contributed by atoms with Crippen molar-refractivity contribution in [2.45, 2.75) is 4.90 Å². The maximum Gasteiger partial charge on any atom is 0.129 e. The van der Waals surface area contributed by atoms with Crippen molar-refractivity contribution in [2.75, 3.05) is 5.43 Å². The first kappa shape index (κ1) is 7.24. The molecule has 1 aromatic rings. The highest BCUT2D eigenvalue weighted by Gasteiger charge is 1.95. The molecular formula is C6H8N2OS. The number of rotatable bonds is 1. The molecule has 1 rings (SSSR count). The molecule has 0 saturated carbocycles. The quantitative estimate of drug-likeness (QED) is 0.212. The number of anilines is 1. The minimum absolute atomic E-state index is 0.155. The van der Waals surface area contributed by atoms with Crippen LogP contribution in [0.25, 0.3) is 0 Å². The molecule has 54 valence electrons. The van der Waals surface area contributed by atoms with Crippen LogP contribution in [0.5, 0.6) is 5.75 Å². The van der Waals surface area contributed by atoms with Gasteiger partial charge in [0.05, 0.1) is 0 Å². The molecule has 3 nitrogen and oxygen atoms in total. The van der Waals surface area contributed by atoms with E-state index in [9.17, 15) is 0 Å². The molecule has 10 heavy (non-hydrogen) atoms. The smallest absolute Gasteiger partial charge is 0.129 e. The first-order valence-corrected chi connectivity index (χ1v) is 3.17. The fourth-order valence-corrected chi connectivity index (χ4v) is 0.827. The minimum Gasteiger partial charge on any atom is -0.507 e. The lowest BCUT2D eigenvalue weighted by Crippen LogP contribution is -2.06. The highest BCUT2D eigenvalue weighted by molar-refractivity contribution is 7.80. The maximum absolute atomic E-state index is 8.99. The molecule has 0 fully saturated rings. The van der Waals surface area contributed by atoms with Crippen LogP contribution >= 0.6 is 12.6 Å². The number of hydrazine groups is 1. The second-order valence-corrected chi connectivity index (χ2v) is 2.33. The van der Waals surface area contributed by atoms with E-state index in [1.165, 1.54) is 6.07 Å². The second kappa shape index (κ2) is 2.81. The Labute approximate surface area is 64.2 Å². The summed E-state index contributed by atoms with van der Waals surface area (Å²) in [5.41, 5.74) is 3.16. The lowest BCUT2D eigenvalue weighted by Gasteiger charge is -2.00. The molecule has 0 spiro atoms. The molecule has 0 heterocycles. The van der Waals surface area contributed by atoms with E-state index in [1.54, 1.807) is 12.1 Å². The summed E-state index contributed by atoms with van der Waals surface area (Å²) in [6.45, 7) is 0. The Kier molecular flexibility index (Phi) is 2.03. The second-order valence-electron chi connectivity index (χ2n) is 1.85. The van der Waals surface area contributed by atoms with E-state index < -0.39 is 0 Å². The predicted octanol–water partition coefficient (Wildman–Crippen LogP) is 0.966. The number of thiol groups is 1. The van der Waals surface area contributed by atoms with Crippen molar-refractivity contribution in [3.8, 4) is 5.75 Å². The number of nitrogen functional groups attached to an aromatic ring is 1. The number of phenolic OH excluding ortho intramolecular Hbond substituents is 1. The van der Waals surface area contributed by atoms with Crippen molar-refractivity contribution < 1.29 is 5.11 Å². The van der Waals surface area contributed by atoms with Gasteiger partial charge in [-0.1, -0.05) is 0 Å². The SMILES string of the molecule is NNc1ccc(O)c(S)c1. The van der Waals surface area contributed by atoms with Crippen LogP contribution < -0.4 is 11.3 Å².